The average molecular weight is 285 g/mol. The second kappa shape index (κ2) is 5.62. The van der Waals surface area contributed by atoms with Crippen LogP contribution in [0.3, 0.4) is 0 Å². The van der Waals surface area contributed by atoms with Crippen molar-refractivity contribution >= 4 is 11.5 Å². The van der Waals surface area contributed by atoms with Gasteiger partial charge < -0.3 is 10.5 Å². The molecule has 6 heteroatoms. The van der Waals surface area contributed by atoms with Gasteiger partial charge in [-0.2, -0.15) is 0 Å². The zero-order valence-corrected chi connectivity index (χ0v) is 11.7. The minimum Gasteiger partial charge on any atom is -0.457 e. The maximum Gasteiger partial charge on any atom is 0.276 e. The molecule has 0 saturated carbocycles. The maximum atomic E-state index is 10.9. The Kier molecular flexibility index (Phi) is 3.89. The number of benzene rings is 2. The lowest BCUT2D eigenvalue weighted by Crippen LogP contribution is -2.12. The van der Waals surface area contributed by atoms with Gasteiger partial charge in [-0.05, 0) is 43.7 Å². The molecular weight excluding hydrogens is 270 g/mol. The van der Waals surface area contributed by atoms with E-state index in [1.165, 1.54) is 6.07 Å². The van der Waals surface area contributed by atoms with Gasteiger partial charge in [0.25, 0.3) is 5.69 Å². The molecule has 0 unspecified atom stereocenters. The SMILES string of the molecule is Cc1cc(Oc2cccc([N+](=O)[O-])c2C)ccc1C(=N)N. The van der Waals surface area contributed by atoms with Gasteiger partial charge in [0, 0.05) is 11.6 Å². The second-order valence-electron chi connectivity index (χ2n) is 4.65. The summed E-state index contributed by atoms with van der Waals surface area (Å²) in [5.74, 6) is 0.964. The Bertz CT molecular complexity index is 726. The van der Waals surface area contributed by atoms with Crippen molar-refractivity contribution in [2.45, 2.75) is 13.8 Å². The summed E-state index contributed by atoms with van der Waals surface area (Å²) in [4.78, 5) is 10.5. The van der Waals surface area contributed by atoms with E-state index in [4.69, 9.17) is 15.9 Å². The number of hydrogen-bond donors (Lipinski definition) is 2. The summed E-state index contributed by atoms with van der Waals surface area (Å²) in [7, 11) is 0. The van der Waals surface area contributed by atoms with Gasteiger partial charge in [0.05, 0.1) is 10.5 Å². The number of nitrogens with zero attached hydrogens (tertiary/aromatic N) is 1. The van der Waals surface area contributed by atoms with Crippen molar-refractivity contribution in [2.24, 2.45) is 5.73 Å². The highest BCUT2D eigenvalue weighted by molar-refractivity contribution is 5.96. The Labute approximate surface area is 121 Å². The number of hydrogen-bond acceptors (Lipinski definition) is 4. The number of nitrogens with two attached hydrogens (primary N) is 1. The number of rotatable bonds is 4. The van der Waals surface area contributed by atoms with Crippen LogP contribution in [0.4, 0.5) is 5.69 Å². The summed E-state index contributed by atoms with van der Waals surface area (Å²) in [6, 6.07) is 9.82. The normalized spacial score (nSPS) is 10.2. The molecule has 3 N–H and O–H groups in total. The van der Waals surface area contributed by atoms with Crippen LogP contribution < -0.4 is 10.5 Å². The summed E-state index contributed by atoms with van der Waals surface area (Å²) in [6.45, 7) is 3.47. The standard InChI is InChI=1S/C15H15N3O3/c1-9-8-11(6-7-12(9)15(16)17)21-14-5-3-4-13(10(14)2)18(19)20/h3-8H,1-2H3,(H3,16,17). The number of nitro benzene ring substituents is 1. The third-order valence-electron chi connectivity index (χ3n) is 3.17. The first-order valence-electron chi connectivity index (χ1n) is 6.27. The number of amidine groups is 1. The van der Waals surface area contributed by atoms with Gasteiger partial charge in [-0.25, -0.2) is 0 Å². The van der Waals surface area contributed by atoms with E-state index in [-0.39, 0.29) is 11.5 Å². The van der Waals surface area contributed by atoms with Crippen molar-refractivity contribution in [3.05, 3.63) is 63.2 Å². The molecule has 0 heterocycles. The smallest absolute Gasteiger partial charge is 0.276 e. The van der Waals surface area contributed by atoms with Crippen LogP contribution >= 0.6 is 0 Å². The van der Waals surface area contributed by atoms with E-state index in [9.17, 15) is 10.1 Å². The van der Waals surface area contributed by atoms with E-state index in [0.29, 0.717) is 22.6 Å². The van der Waals surface area contributed by atoms with Crippen LogP contribution in [-0.4, -0.2) is 10.8 Å². The summed E-state index contributed by atoms with van der Waals surface area (Å²) in [6.07, 6.45) is 0. The molecule has 0 saturated heterocycles. The molecule has 0 amide bonds. The maximum absolute atomic E-state index is 10.9. The van der Waals surface area contributed by atoms with Gasteiger partial charge in [-0.1, -0.05) is 6.07 Å². The van der Waals surface area contributed by atoms with Crippen LogP contribution in [0, 0.1) is 29.4 Å². The Morgan fingerprint density at radius 1 is 1.29 bits per heavy atom. The summed E-state index contributed by atoms with van der Waals surface area (Å²) in [5, 5.41) is 18.4. The fourth-order valence-corrected chi connectivity index (χ4v) is 2.04. The first kappa shape index (κ1) is 14.5. The molecule has 2 aromatic carbocycles. The number of aryl methyl sites for hydroxylation is 1. The predicted octanol–water partition coefficient (Wildman–Crippen LogP) is 3.29. The highest BCUT2D eigenvalue weighted by Crippen LogP contribution is 2.31. The molecule has 0 fully saturated rings. The lowest BCUT2D eigenvalue weighted by molar-refractivity contribution is -0.385. The van der Waals surface area contributed by atoms with E-state index >= 15 is 0 Å². The Morgan fingerprint density at radius 2 is 2.00 bits per heavy atom. The zero-order chi connectivity index (χ0) is 15.6. The monoisotopic (exact) mass is 285 g/mol. The summed E-state index contributed by atoms with van der Waals surface area (Å²) < 4.78 is 5.70. The lowest BCUT2D eigenvalue weighted by atomic mass is 10.1. The Morgan fingerprint density at radius 3 is 2.57 bits per heavy atom. The first-order valence-corrected chi connectivity index (χ1v) is 6.27. The molecule has 108 valence electrons. The number of nitrogen functional groups attached to an aromatic ring is 1. The number of nitro groups is 1. The van der Waals surface area contributed by atoms with Crippen molar-refractivity contribution in [2.75, 3.05) is 0 Å². The van der Waals surface area contributed by atoms with Crippen LogP contribution in [0.25, 0.3) is 0 Å². The largest absolute Gasteiger partial charge is 0.457 e. The molecule has 0 aliphatic carbocycles. The van der Waals surface area contributed by atoms with Crippen molar-refractivity contribution in [1.29, 1.82) is 5.41 Å². The fourth-order valence-electron chi connectivity index (χ4n) is 2.04. The molecule has 0 spiro atoms. The van der Waals surface area contributed by atoms with Crippen LogP contribution in [-0.2, 0) is 0 Å². The molecule has 0 aromatic heterocycles. The van der Waals surface area contributed by atoms with Crippen LogP contribution in [0.1, 0.15) is 16.7 Å². The zero-order valence-electron chi connectivity index (χ0n) is 11.7. The van der Waals surface area contributed by atoms with Gasteiger partial charge in [0.15, 0.2) is 0 Å². The highest BCUT2D eigenvalue weighted by atomic mass is 16.6. The third kappa shape index (κ3) is 3.00. The van der Waals surface area contributed by atoms with Crippen molar-refractivity contribution in [1.82, 2.24) is 0 Å². The van der Waals surface area contributed by atoms with Crippen LogP contribution in [0.15, 0.2) is 36.4 Å². The lowest BCUT2D eigenvalue weighted by Gasteiger charge is -2.11. The summed E-state index contributed by atoms with van der Waals surface area (Å²) >= 11 is 0. The van der Waals surface area contributed by atoms with Gasteiger partial charge in [0.1, 0.15) is 17.3 Å². The molecule has 0 aliphatic heterocycles. The number of nitrogens with one attached hydrogen (secondary N) is 1. The number of ether oxygens (including phenoxy) is 1. The van der Waals surface area contributed by atoms with E-state index in [2.05, 4.69) is 0 Å². The topological polar surface area (TPSA) is 102 Å². The van der Waals surface area contributed by atoms with Gasteiger partial charge >= 0.3 is 0 Å². The average Bonchev–Trinajstić information content (AvgIpc) is 2.40. The minimum atomic E-state index is -0.438. The minimum absolute atomic E-state index is 0.00872. The molecule has 0 radical (unpaired) electrons. The molecule has 0 aliphatic rings. The highest BCUT2D eigenvalue weighted by Gasteiger charge is 2.15. The molecule has 2 aromatic rings. The van der Waals surface area contributed by atoms with Crippen molar-refractivity contribution < 1.29 is 9.66 Å². The van der Waals surface area contributed by atoms with E-state index in [1.54, 1.807) is 37.3 Å². The first-order chi connectivity index (χ1) is 9.90. The fraction of sp³-hybridized carbons (Fsp3) is 0.133. The van der Waals surface area contributed by atoms with Crippen LogP contribution in [0.5, 0.6) is 11.5 Å². The van der Waals surface area contributed by atoms with Crippen LogP contribution in [0.2, 0.25) is 0 Å². The molecule has 0 bridgehead atoms. The van der Waals surface area contributed by atoms with E-state index in [1.807, 2.05) is 6.92 Å². The molecule has 21 heavy (non-hydrogen) atoms. The van der Waals surface area contributed by atoms with E-state index < -0.39 is 4.92 Å². The summed E-state index contributed by atoms with van der Waals surface area (Å²) in [5.41, 5.74) is 7.39. The Hall–Kier alpha value is -2.89. The van der Waals surface area contributed by atoms with Crippen molar-refractivity contribution in [3.63, 3.8) is 0 Å². The third-order valence-corrected chi connectivity index (χ3v) is 3.17. The predicted molar refractivity (Wildman–Crippen MR) is 80.1 cm³/mol. The second-order valence-corrected chi connectivity index (χ2v) is 4.65. The molecule has 0 atom stereocenters. The van der Waals surface area contributed by atoms with Gasteiger partial charge in [-0.15, -0.1) is 0 Å². The van der Waals surface area contributed by atoms with Gasteiger partial charge in [-0.3, -0.25) is 15.5 Å². The quantitative estimate of drug-likeness (QED) is 0.389. The molecular formula is C15H15N3O3. The van der Waals surface area contributed by atoms with E-state index in [0.717, 1.165) is 5.56 Å². The van der Waals surface area contributed by atoms with Crippen molar-refractivity contribution in [3.8, 4) is 11.5 Å². The molecule has 2 rings (SSSR count). The Balaban J connectivity index is 2.35. The van der Waals surface area contributed by atoms with Gasteiger partial charge in [0.2, 0.25) is 0 Å². The molecule has 6 nitrogen and oxygen atoms in total.